The van der Waals surface area contributed by atoms with Crippen molar-refractivity contribution in [1.82, 2.24) is 4.31 Å². The summed E-state index contributed by atoms with van der Waals surface area (Å²) in [7, 11) is 2.20. The van der Waals surface area contributed by atoms with Crippen molar-refractivity contribution in [3.05, 3.63) is 42.5 Å². The molecular formula is C24H32N2O2S2. The molecule has 0 radical (unpaired) electrons. The molecule has 0 aromatic heterocycles. The Morgan fingerprint density at radius 2 is 2.07 bits per heavy atom. The van der Waals surface area contributed by atoms with Crippen LogP contribution in [0.15, 0.2) is 52.3 Å². The first-order valence-electron chi connectivity index (χ1n) is 10.6. The summed E-state index contributed by atoms with van der Waals surface area (Å²) in [6.45, 7) is 5.49. The Labute approximate surface area is 189 Å². The second kappa shape index (κ2) is 11.1. The number of unbranched alkanes of at least 4 members (excludes halogenated alkanes) is 1. The number of ether oxygens (including phenoxy) is 1. The van der Waals surface area contributed by atoms with Crippen LogP contribution in [0, 0.1) is 5.92 Å². The minimum Gasteiger partial charge on any atom is -0.492 e. The SMILES string of the molecule is CCCCC1CN(c2ccccc2)c2cc(SC)c(OCC(C)C=O)cc2SN1C. The Morgan fingerprint density at radius 1 is 1.30 bits per heavy atom. The van der Waals surface area contributed by atoms with E-state index in [1.165, 1.54) is 35.5 Å². The van der Waals surface area contributed by atoms with Crippen LogP contribution in [-0.4, -0.2) is 43.1 Å². The molecule has 3 rings (SSSR count). The normalized spacial score (nSPS) is 17.9. The van der Waals surface area contributed by atoms with E-state index in [1.54, 1.807) is 23.7 Å². The second-order valence-electron chi connectivity index (χ2n) is 7.77. The number of hydrogen-bond acceptors (Lipinski definition) is 6. The van der Waals surface area contributed by atoms with Gasteiger partial charge in [-0.05, 0) is 55.9 Å². The van der Waals surface area contributed by atoms with E-state index in [9.17, 15) is 4.79 Å². The van der Waals surface area contributed by atoms with Gasteiger partial charge in [0, 0.05) is 24.2 Å². The molecule has 1 aliphatic heterocycles. The van der Waals surface area contributed by atoms with Crippen LogP contribution in [-0.2, 0) is 4.79 Å². The van der Waals surface area contributed by atoms with Crippen molar-refractivity contribution in [3.8, 4) is 5.75 Å². The Morgan fingerprint density at radius 3 is 2.73 bits per heavy atom. The van der Waals surface area contributed by atoms with Gasteiger partial charge in [0.15, 0.2) is 0 Å². The van der Waals surface area contributed by atoms with Gasteiger partial charge in [-0.1, -0.05) is 44.9 Å². The van der Waals surface area contributed by atoms with Crippen molar-refractivity contribution in [2.45, 2.75) is 48.9 Å². The fourth-order valence-electron chi connectivity index (χ4n) is 3.57. The van der Waals surface area contributed by atoms with E-state index < -0.39 is 0 Å². The Hall–Kier alpha value is -1.63. The monoisotopic (exact) mass is 444 g/mol. The fourth-order valence-corrected chi connectivity index (χ4v) is 5.17. The predicted octanol–water partition coefficient (Wildman–Crippen LogP) is 6.27. The van der Waals surface area contributed by atoms with Crippen LogP contribution in [0.2, 0.25) is 0 Å². The number of anilines is 2. The highest BCUT2D eigenvalue weighted by molar-refractivity contribution is 7.98. The Balaban J connectivity index is 2.02. The zero-order valence-electron chi connectivity index (χ0n) is 18.3. The quantitative estimate of drug-likeness (QED) is 0.257. The molecular weight excluding hydrogens is 412 g/mol. The smallest absolute Gasteiger partial charge is 0.134 e. The van der Waals surface area contributed by atoms with E-state index in [0.717, 1.165) is 23.5 Å². The highest BCUT2D eigenvalue weighted by atomic mass is 32.2. The summed E-state index contributed by atoms with van der Waals surface area (Å²) in [6.07, 6.45) is 6.62. The van der Waals surface area contributed by atoms with Crippen molar-refractivity contribution >= 4 is 41.4 Å². The summed E-state index contributed by atoms with van der Waals surface area (Å²) >= 11 is 3.48. The summed E-state index contributed by atoms with van der Waals surface area (Å²) in [6, 6.07) is 15.5. The van der Waals surface area contributed by atoms with Crippen molar-refractivity contribution in [2.24, 2.45) is 5.92 Å². The molecule has 4 nitrogen and oxygen atoms in total. The predicted molar refractivity (Wildman–Crippen MR) is 129 cm³/mol. The van der Waals surface area contributed by atoms with Gasteiger partial charge in [0.2, 0.25) is 0 Å². The van der Waals surface area contributed by atoms with E-state index in [0.29, 0.717) is 12.6 Å². The summed E-state index contributed by atoms with van der Waals surface area (Å²) < 4.78 is 8.45. The third-order valence-electron chi connectivity index (χ3n) is 5.38. The third-order valence-corrected chi connectivity index (χ3v) is 7.25. The molecule has 0 saturated heterocycles. The molecule has 162 valence electrons. The van der Waals surface area contributed by atoms with E-state index in [2.05, 4.69) is 71.9 Å². The molecule has 0 spiro atoms. The van der Waals surface area contributed by atoms with Gasteiger partial charge in [-0.3, -0.25) is 0 Å². The number of benzene rings is 2. The number of aldehydes is 1. The van der Waals surface area contributed by atoms with Crippen molar-refractivity contribution in [3.63, 3.8) is 0 Å². The zero-order valence-corrected chi connectivity index (χ0v) is 20.0. The molecule has 0 fully saturated rings. The van der Waals surface area contributed by atoms with Crippen LogP contribution < -0.4 is 9.64 Å². The van der Waals surface area contributed by atoms with Crippen LogP contribution in [0.25, 0.3) is 0 Å². The van der Waals surface area contributed by atoms with Crippen LogP contribution in [0.4, 0.5) is 11.4 Å². The van der Waals surface area contributed by atoms with Crippen molar-refractivity contribution in [1.29, 1.82) is 0 Å². The van der Waals surface area contributed by atoms with Crippen LogP contribution in [0.1, 0.15) is 33.1 Å². The van der Waals surface area contributed by atoms with Gasteiger partial charge in [-0.15, -0.1) is 11.8 Å². The standard InChI is InChI=1S/C24H32N2O2S2/c1-5-6-10-20-15-26(19-11-8-7-9-12-19)21-13-24(29-4)22(28-17-18(2)16-27)14-23(21)30-25(20)3/h7-9,11-14,16,18,20H,5-6,10,15,17H2,1-4H3. The molecule has 0 bridgehead atoms. The number of rotatable bonds is 9. The minimum atomic E-state index is -0.118. The van der Waals surface area contributed by atoms with Gasteiger partial charge >= 0.3 is 0 Å². The zero-order chi connectivity index (χ0) is 21.5. The maximum Gasteiger partial charge on any atom is 0.134 e. The summed E-state index contributed by atoms with van der Waals surface area (Å²) in [5.74, 6) is 0.740. The molecule has 0 aliphatic carbocycles. The average Bonchev–Trinajstić information content (AvgIpc) is 2.91. The number of nitrogens with zero attached hydrogens (tertiary/aromatic N) is 2. The first-order chi connectivity index (χ1) is 14.6. The van der Waals surface area contributed by atoms with Gasteiger partial charge in [-0.25, -0.2) is 4.31 Å². The lowest BCUT2D eigenvalue weighted by atomic mass is 10.1. The number of carbonyl (C=O) groups is 1. The maximum absolute atomic E-state index is 11.0. The van der Waals surface area contributed by atoms with E-state index in [4.69, 9.17) is 4.74 Å². The number of fused-ring (bicyclic) bond motifs is 1. The van der Waals surface area contributed by atoms with Gasteiger partial charge < -0.3 is 14.4 Å². The largest absolute Gasteiger partial charge is 0.492 e. The maximum atomic E-state index is 11.0. The van der Waals surface area contributed by atoms with Crippen molar-refractivity contribution in [2.75, 3.05) is 31.4 Å². The molecule has 1 aliphatic rings. The lowest BCUT2D eigenvalue weighted by Crippen LogP contribution is -2.35. The third kappa shape index (κ3) is 5.54. The van der Waals surface area contributed by atoms with E-state index >= 15 is 0 Å². The molecule has 2 unspecified atom stereocenters. The molecule has 30 heavy (non-hydrogen) atoms. The average molecular weight is 445 g/mol. The molecule has 0 saturated carbocycles. The number of hydrogen-bond donors (Lipinski definition) is 0. The highest BCUT2D eigenvalue weighted by Gasteiger charge is 2.28. The molecule has 2 aromatic rings. The lowest BCUT2D eigenvalue weighted by molar-refractivity contribution is -0.111. The fraction of sp³-hybridized carbons (Fsp3) is 0.458. The molecule has 0 N–H and O–H groups in total. The highest BCUT2D eigenvalue weighted by Crippen LogP contribution is 2.45. The molecule has 2 atom stereocenters. The Kier molecular flexibility index (Phi) is 8.54. The van der Waals surface area contributed by atoms with Crippen molar-refractivity contribution < 1.29 is 9.53 Å². The van der Waals surface area contributed by atoms with E-state index in [1.807, 2.05) is 6.92 Å². The second-order valence-corrected chi connectivity index (χ2v) is 9.82. The van der Waals surface area contributed by atoms with Gasteiger partial charge in [0.25, 0.3) is 0 Å². The number of para-hydroxylation sites is 1. The van der Waals surface area contributed by atoms with Crippen LogP contribution >= 0.6 is 23.7 Å². The van der Waals surface area contributed by atoms with Crippen LogP contribution in [0.3, 0.4) is 0 Å². The summed E-state index contributed by atoms with van der Waals surface area (Å²) in [5.41, 5.74) is 2.43. The number of likely N-dealkylation sites (N-methyl/N-ethyl adjacent to an activating group) is 1. The minimum absolute atomic E-state index is 0.118. The molecule has 2 aromatic carbocycles. The first kappa shape index (κ1) is 23.0. The van der Waals surface area contributed by atoms with E-state index in [-0.39, 0.29) is 5.92 Å². The number of carbonyl (C=O) groups excluding carboxylic acids is 1. The Bertz CT molecular complexity index is 831. The van der Waals surface area contributed by atoms with Gasteiger partial charge in [-0.2, -0.15) is 0 Å². The summed E-state index contributed by atoms with van der Waals surface area (Å²) in [5, 5.41) is 0. The molecule has 0 amide bonds. The topological polar surface area (TPSA) is 32.8 Å². The lowest BCUT2D eigenvalue weighted by Gasteiger charge is -2.30. The first-order valence-corrected chi connectivity index (χ1v) is 12.6. The summed E-state index contributed by atoms with van der Waals surface area (Å²) in [4.78, 5) is 15.8. The van der Waals surface area contributed by atoms with Gasteiger partial charge in [0.05, 0.1) is 22.1 Å². The number of thioether (sulfide) groups is 1. The molecule has 1 heterocycles. The van der Waals surface area contributed by atoms with Gasteiger partial charge in [0.1, 0.15) is 12.0 Å². The molecule has 6 heteroatoms. The van der Waals surface area contributed by atoms with Crippen LogP contribution in [0.5, 0.6) is 5.75 Å².